The second-order valence-electron chi connectivity index (χ2n) is 4.57. The van der Waals surface area contributed by atoms with Crippen molar-refractivity contribution in [3.8, 4) is 0 Å². The maximum absolute atomic E-state index is 11.9. The van der Waals surface area contributed by atoms with Gasteiger partial charge in [-0.05, 0) is 38.5 Å². The molecule has 0 aliphatic rings. The van der Waals surface area contributed by atoms with Crippen molar-refractivity contribution in [1.82, 2.24) is 5.16 Å². The van der Waals surface area contributed by atoms with Gasteiger partial charge in [0, 0.05) is 11.3 Å². The van der Waals surface area contributed by atoms with Crippen LogP contribution in [0.4, 0.5) is 22.1 Å². The Kier molecular flexibility index (Phi) is 4.10. The molecule has 0 atom stereocenters. The molecule has 2 aromatic rings. The lowest BCUT2D eigenvalue weighted by Crippen LogP contribution is -2.20. The molecule has 1 aromatic carbocycles. The van der Waals surface area contributed by atoms with E-state index in [-0.39, 0.29) is 16.8 Å². The molecule has 0 saturated heterocycles. The summed E-state index contributed by atoms with van der Waals surface area (Å²) in [5, 5.41) is 28.3. The predicted octanol–water partition coefficient (Wildman–Crippen LogP) is 2.94. The Balaban J connectivity index is 2.12. The standard InChI is InChI=1S/C13H15N4O4/c1-7-4-5-10(17(19)20)6-11(7)14-13(18)15-12-8(2)9(3)16-21-12/h4-6,19H,1-3H3,(H2,14,15,18)/q-1. The van der Waals surface area contributed by atoms with Gasteiger partial charge < -0.3 is 20.3 Å². The predicted molar refractivity (Wildman–Crippen MR) is 77.4 cm³/mol. The van der Waals surface area contributed by atoms with E-state index in [1.54, 1.807) is 26.8 Å². The van der Waals surface area contributed by atoms with E-state index in [1.165, 1.54) is 12.1 Å². The molecule has 0 unspecified atom stereocenters. The van der Waals surface area contributed by atoms with E-state index in [9.17, 15) is 10.0 Å². The van der Waals surface area contributed by atoms with Crippen LogP contribution in [0, 0.1) is 26.0 Å². The highest BCUT2D eigenvalue weighted by Crippen LogP contribution is 2.23. The van der Waals surface area contributed by atoms with Crippen molar-refractivity contribution in [2.24, 2.45) is 0 Å². The summed E-state index contributed by atoms with van der Waals surface area (Å²) in [5.74, 6) is 0.256. The lowest BCUT2D eigenvalue weighted by atomic mass is 10.2. The highest BCUT2D eigenvalue weighted by atomic mass is 16.8. The molecule has 3 N–H and O–H groups in total. The molecule has 2 amide bonds. The summed E-state index contributed by atoms with van der Waals surface area (Å²) in [6.45, 7) is 5.30. The first-order valence-electron chi connectivity index (χ1n) is 6.16. The molecule has 2 rings (SSSR count). The van der Waals surface area contributed by atoms with Gasteiger partial charge in [-0.15, -0.1) is 0 Å². The Morgan fingerprint density at radius 1 is 1.33 bits per heavy atom. The molecule has 0 radical (unpaired) electrons. The first-order valence-corrected chi connectivity index (χ1v) is 6.16. The molecule has 0 bridgehead atoms. The third-order valence-electron chi connectivity index (χ3n) is 3.07. The summed E-state index contributed by atoms with van der Waals surface area (Å²) in [7, 11) is 0. The van der Waals surface area contributed by atoms with E-state index >= 15 is 0 Å². The number of aryl methyl sites for hydroxylation is 2. The highest BCUT2D eigenvalue weighted by Gasteiger charge is 2.12. The van der Waals surface area contributed by atoms with E-state index in [2.05, 4.69) is 15.8 Å². The highest BCUT2D eigenvalue weighted by molar-refractivity contribution is 6.00. The minimum Gasteiger partial charge on any atom is -0.733 e. The van der Waals surface area contributed by atoms with Crippen LogP contribution in [0.3, 0.4) is 0 Å². The van der Waals surface area contributed by atoms with Crippen LogP contribution in [0.25, 0.3) is 0 Å². The monoisotopic (exact) mass is 291 g/mol. The maximum Gasteiger partial charge on any atom is 0.326 e. The van der Waals surface area contributed by atoms with E-state index in [0.29, 0.717) is 11.4 Å². The van der Waals surface area contributed by atoms with Gasteiger partial charge in [-0.3, -0.25) is 10.5 Å². The van der Waals surface area contributed by atoms with Crippen molar-refractivity contribution in [3.63, 3.8) is 0 Å². The van der Waals surface area contributed by atoms with Gasteiger partial charge >= 0.3 is 6.03 Å². The van der Waals surface area contributed by atoms with E-state index in [0.717, 1.165) is 11.1 Å². The fourth-order valence-electron chi connectivity index (χ4n) is 1.65. The van der Waals surface area contributed by atoms with Crippen molar-refractivity contribution >= 4 is 23.3 Å². The van der Waals surface area contributed by atoms with Crippen LogP contribution >= 0.6 is 0 Å². The molecule has 1 aromatic heterocycles. The maximum atomic E-state index is 11.9. The number of amides is 2. The number of anilines is 3. The van der Waals surface area contributed by atoms with Gasteiger partial charge in [0.15, 0.2) is 0 Å². The summed E-state index contributed by atoms with van der Waals surface area (Å²) in [6.07, 6.45) is 0. The number of benzene rings is 1. The second-order valence-corrected chi connectivity index (χ2v) is 4.57. The lowest BCUT2D eigenvalue weighted by Gasteiger charge is -2.22. The number of hydrogen-bond donors (Lipinski definition) is 3. The average Bonchev–Trinajstić information content (AvgIpc) is 2.73. The quantitative estimate of drug-likeness (QED) is 0.749. The van der Waals surface area contributed by atoms with Gasteiger partial charge in [0.2, 0.25) is 5.88 Å². The van der Waals surface area contributed by atoms with Gasteiger partial charge in [0.1, 0.15) is 0 Å². The molecular formula is C13H15N4O4-. The van der Waals surface area contributed by atoms with Crippen LogP contribution < -0.4 is 15.9 Å². The van der Waals surface area contributed by atoms with Crippen molar-refractivity contribution in [1.29, 1.82) is 0 Å². The topological polar surface area (TPSA) is 114 Å². The van der Waals surface area contributed by atoms with Gasteiger partial charge in [-0.2, -0.15) is 0 Å². The molecule has 8 nitrogen and oxygen atoms in total. The lowest BCUT2D eigenvalue weighted by molar-refractivity contribution is 0.261. The Morgan fingerprint density at radius 2 is 2.05 bits per heavy atom. The molecule has 112 valence electrons. The first-order chi connectivity index (χ1) is 9.88. The zero-order valence-corrected chi connectivity index (χ0v) is 11.8. The van der Waals surface area contributed by atoms with E-state index < -0.39 is 6.03 Å². The van der Waals surface area contributed by atoms with Crippen LogP contribution in [0.1, 0.15) is 16.8 Å². The summed E-state index contributed by atoms with van der Waals surface area (Å²) in [4.78, 5) is 11.9. The normalized spacial score (nSPS) is 10.3. The zero-order chi connectivity index (χ0) is 15.6. The number of nitrogens with one attached hydrogen (secondary N) is 2. The number of hydrogen-bond acceptors (Lipinski definition) is 6. The molecule has 0 fully saturated rings. The number of nitrogens with zero attached hydrogens (tertiary/aromatic N) is 2. The Morgan fingerprint density at radius 3 is 2.62 bits per heavy atom. The van der Waals surface area contributed by atoms with Crippen LogP contribution in [0.15, 0.2) is 22.7 Å². The molecule has 0 spiro atoms. The van der Waals surface area contributed by atoms with Crippen LogP contribution in [0.2, 0.25) is 0 Å². The number of carbonyl (C=O) groups is 1. The van der Waals surface area contributed by atoms with Crippen molar-refractivity contribution in [3.05, 3.63) is 40.2 Å². The minimum absolute atomic E-state index is 0.0163. The molecular weight excluding hydrogens is 276 g/mol. The smallest absolute Gasteiger partial charge is 0.326 e. The summed E-state index contributed by atoms with van der Waals surface area (Å²) in [6, 6.07) is 3.87. The van der Waals surface area contributed by atoms with Crippen molar-refractivity contribution in [2.75, 3.05) is 15.9 Å². The zero-order valence-electron chi connectivity index (χ0n) is 11.8. The van der Waals surface area contributed by atoms with Crippen molar-refractivity contribution < 1.29 is 14.5 Å². The van der Waals surface area contributed by atoms with Gasteiger partial charge in [-0.1, -0.05) is 11.2 Å². The van der Waals surface area contributed by atoms with Gasteiger partial charge in [-0.25, -0.2) is 4.79 Å². The third-order valence-corrected chi connectivity index (χ3v) is 3.07. The van der Waals surface area contributed by atoms with Crippen LogP contribution in [-0.2, 0) is 0 Å². The molecule has 0 aliphatic heterocycles. The largest absolute Gasteiger partial charge is 0.733 e. The number of urea groups is 1. The second kappa shape index (κ2) is 5.81. The molecule has 0 aliphatic carbocycles. The molecule has 8 heteroatoms. The summed E-state index contributed by atoms with van der Waals surface area (Å²) >= 11 is 0. The van der Waals surface area contributed by atoms with E-state index in [4.69, 9.17) is 9.73 Å². The van der Waals surface area contributed by atoms with Crippen LogP contribution in [0.5, 0.6) is 0 Å². The fraction of sp³-hybridized carbons (Fsp3) is 0.231. The summed E-state index contributed by atoms with van der Waals surface area (Å²) < 4.78 is 4.98. The first kappa shape index (κ1) is 14.8. The Hall–Kier alpha value is -2.58. The number of rotatable bonds is 3. The van der Waals surface area contributed by atoms with Gasteiger partial charge in [0.25, 0.3) is 0 Å². The number of carbonyl (C=O) groups excluding carboxylic acids is 1. The van der Waals surface area contributed by atoms with Crippen LogP contribution in [-0.4, -0.2) is 16.4 Å². The molecule has 21 heavy (non-hydrogen) atoms. The fourth-order valence-corrected chi connectivity index (χ4v) is 1.65. The molecule has 0 saturated carbocycles. The average molecular weight is 291 g/mol. The third kappa shape index (κ3) is 3.30. The number of aromatic nitrogens is 1. The minimum atomic E-state index is -0.537. The summed E-state index contributed by atoms with van der Waals surface area (Å²) in [5.41, 5.74) is 2.57. The van der Waals surface area contributed by atoms with Gasteiger partial charge in [0.05, 0.1) is 11.4 Å². The molecule has 1 heterocycles. The Bertz CT molecular complexity index is 666. The van der Waals surface area contributed by atoms with Crippen molar-refractivity contribution in [2.45, 2.75) is 20.8 Å². The Labute approximate surface area is 120 Å². The SMILES string of the molecule is Cc1ccc(N([O-])O)cc1NC(=O)Nc1onc(C)c1C. The van der Waals surface area contributed by atoms with E-state index in [1.807, 2.05) is 0 Å².